The average molecular weight is 504 g/mol. The second-order valence-corrected chi connectivity index (χ2v) is 9.78. The minimum absolute atomic E-state index is 0.214. The number of nitrogens with zero attached hydrogens (tertiary/aromatic N) is 3. The van der Waals surface area contributed by atoms with Crippen molar-refractivity contribution in [3.8, 4) is 23.1 Å². The van der Waals surface area contributed by atoms with E-state index in [2.05, 4.69) is 17.0 Å². The van der Waals surface area contributed by atoms with E-state index in [1.54, 1.807) is 7.11 Å². The number of ether oxygens (including phenoxy) is 2. The Hall–Kier alpha value is -3.65. The first-order chi connectivity index (χ1) is 17.6. The molecule has 2 aromatic carbocycles. The number of para-hydroxylation sites is 1. The van der Waals surface area contributed by atoms with Gasteiger partial charge in [-0.2, -0.15) is 9.50 Å². The van der Waals surface area contributed by atoms with Crippen LogP contribution in [0.4, 0.5) is 0 Å². The normalized spacial score (nSPS) is 12.1. The Labute approximate surface area is 213 Å². The molecule has 0 N–H and O–H groups in total. The van der Waals surface area contributed by atoms with E-state index >= 15 is 0 Å². The van der Waals surface area contributed by atoms with Gasteiger partial charge in [-0.05, 0) is 43.2 Å². The molecule has 0 aliphatic carbocycles. The molecule has 5 aromatic rings. The first-order valence-corrected chi connectivity index (χ1v) is 13.1. The molecule has 0 saturated carbocycles. The van der Waals surface area contributed by atoms with Crippen LogP contribution in [0.2, 0.25) is 0 Å². The first-order valence-electron chi connectivity index (χ1n) is 12.3. The van der Waals surface area contributed by atoms with Crippen LogP contribution in [0.25, 0.3) is 33.6 Å². The Morgan fingerprint density at radius 2 is 1.92 bits per heavy atom. The van der Waals surface area contributed by atoms with E-state index in [0.29, 0.717) is 39.2 Å². The van der Waals surface area contributed by atoms with Crippen molar-refractivity contribution in [1.29, 1.82) is 0 Å². The minimum Gasteiger partial charge on any atom is -0.493 e. The molecule has 5 rings (SSSR count). The number of methoxy groups -OCH3 is 1. The number of aryl methyl sites for hydroxylation is 1. The lowest BCUT2D eigenvalue weighted by Crippen LogP contribution is -2.23. The number of thiazole rings is 1. The van der Waals surface area contributed by atoms with Crippen molar-refractivity contribution in [2.45, 2.75) is 46.0 Å². The highest BCUT2D eigenvalue weighted by molar-refractivity contribution is 7.15. The van der Waals surface area contributed by atoms with E-state index in [4.69, 9.17) is 13.9 Å². The molecule has 0 aliphatic rings. The van der Waals surface area contributed by atoms with Crippen LogP contribution in [-0.4, -0.2) is 28.3 Å². The number of rotatable bonds is 10. The number of benzene rings is 2. The summed E-state index contributed by atoms with van der Waals surface area (Å²) in [7, 11) is 1.62. The van der Waals surface area contributed by atoms with Gasteiger partial charge >= 0.3 is 0 Å². The van der Waals surface area contributed by atoms with Crippen LogP contribution in [0.1, 0.15) is 50.2 Å². The summed E-state index contributed by atoms with van der Waals surface area (Å²) in [5.41, 5.74) is 2.36. The molecule has 0 amide bonds. The molecular formula is C28H29N3O4S. The smallest absolute Gasteiger partial charge is 0.291 e. The van der Waals surface area contributed by atoms with Gasteiger partial charge in [0.2, 0.25) is 10.8 Å². The quantitative estimate of drug-likeness (QED) is 0.225. The Morgan fingerprint density at radius 3 is 2.69 bits per heavy atom. The fraction of sp³-hybridized carbons (Fsp3) is 0.321. The van der Waals surface area contributed by atoms with Crippen molar-refractivity contribution < 1.29 is 13.9 Å². The van der Waals surface area contributed by atoms with Crippen molar-refractivity contribution in [2.75, 3.05) is 13.7 Å². The van der Waals surface area contributed by atoms with E-state index in [1.165, 1.54) is 41.5 Å². The van der Waals surface area contributed by atoms with Gasteiger partial charge in [0.1, 0.15) is 5.58 Å². The summed E-state index contributed by atoms with van der Waals surface area (Å²) in [6, 6.07) is 13.5. The fourth-order valence-corrected chi connectivity index (χ4v) is 5.16. The van der Waals surface area contributed by atoms with Crippen molar-refractivity contribution >= 4 is 33.3 Å². The van der Waals surface area contributed by atoms with Crippen LogP contribution in [0.3, 0.4) is 0 Å². The molecule has 0 bridgehead atoms. The minimum atomic E-state index is -0.214. The predicted octanol–water partition coefficient (Wildman–Crippen LogP) is 5.78. The highest BCUT2D eigenvalue weighted by Crippen LogP contribution is 2.31. The summed E-state index contributed by atoms with van der Waals surface area (Å²) in [4.78, 5) is 18.2. The van der Waals surface area contributed by atoms with E-state index in [9.17, 15) is 4.79 Å². The maximum absolute atomic E-state index is 13.1. The van der Waals surface area contributed by atoms with Crippen molar-refractivity contribution in [3.63, 3.8) is 0 Å². The molecule has 8 heteroatoms. The van der Waals surface area contributed by atoms with Crippen molar-refractivity contribution in [1.82, 2.24) is 14.6 Å². The van der Waals surface area contributed by atoms with E-state index in [-0.39, 0.29) is 5.56 Å². The number of hydrogen-bond donors (Lipinski definition) is 0. The lowest BCUT2D eigenvalue weighted by Gasteiger charge is -2.11. The van der Waals surface area contributed by atoms with Crippen LogP contribution < -0.4 is 19.6 Å². The number of hydrogen-bond acceptors (Lipinski definition) is 7. The molecule has 0 spiro atoms. The lowest BCUT2D eigenvalue weighted by atomic mass is 10.1. The van der Waals surface area contributed by atoms with Gasteiger partial charge in [-0.1, -0.05) is 68.2 Å². The number of aromatic nitrogens is 3. The molecule has 0 unspecified atom stereocenters. The third-order valence-corrected chi connectivity index (χ3v) is 7.18. The van der Waals surface area contributed by atoms with E-state index in [0.717, 1.165) is 28.5 Å². The van der Waals surface area contributed by atoms with E-state index in [1.807, 2.05) is 55.5 Å². The Kier molecular flexibility index (Phi) is 7.04. The van der Waals surface area contributed by atoms with Gasteiger partial charge in [0.25, 0.3) is 5.56 Å². The Balaban J connectivity index is 1.38. The Morgan fingerprint density at radius 1 is 1.08 bits per heavy atom. The zero-order chi connectivity index (χ0) is 25.1. The second-order valence-electron chi connectivity index (χ2n) is 8.77. The summed E-state index contributed by atoms with van der Waals surface area (Å²) in [5, 5.41) is 5.47. The lowest BCUT2D eigenvalue weighted by molar-refractivity contribution is 0.285. The molecule has 0 fully saturated rings. The summed E-state index contributed by atoms with van der Waals surface area (Å²) in [6.45, 7) is 4.84. The molecule has 0 aliphatic heterocycles. The van der Waals surface area contributed by atoms with Crippen LogP contribution in [0, 0.1) is 6.92 Å². The molecule has 3 heterocycles. The SMILES string of the molecule is CCCCCCCOc1ccc(/C=c2\sc3nc(-c4oc5ccccc5c4C)nn3c2=O)cc1OC. The molecular weight excluding hydrogens is 474 g/mol. The van der Waals surface area contributed by atoms with Gasteiger partial charge in [0.15, 0.2) is 17.3 Å². The van der Waals surface area contributed by atoms with Gasteiger partial charge in [0.05, 0.1) is 18.2 Å². The fourth-order valence-electron chi connectivity index (χ4n) is 4.25. The molecule has 7 nitrogen and oxygen atoms in total. The number of unbranched alkanes of at least 4 members (excludes halogenated alkanes) is 4. The topological polar surface area (TPSA) is 78.9 Å². The largest absolute Gasteiger partial charge is 0.493 e. The van der Waals surface area contributed by atoms with Gasteiger partial charge in [0, 0.05) is 10.9 Å². The third-order valence-electron chi connectivity index (χ3n) is 6.22. The number of furan rings is 1. The van der Waals surface area contributed by atoms with Crippen LogP contribution in [-0.2, 0) is 0 Å². The average Bonchev–Trinajstić information content (AvgIpc) is 3.54. The van der Waals surface area contributed by atoms with E-state index < -0.39 is 0 Å². The number of fused-ring (bicyclic) bond motifs is 2. The summed E-state index contributed by atoms with van der Waals surface area (Å²) in [6.07, 6.45) is 7.74. The van der Waals surface area contributed by atoms with Crippen molar-refractivity contribution in [2.24, 2.45) is 0 Å². The highest BCUT2D eigenvalue weighted by Gasteiger charge is 2.19. The van der Waals surface area contributed by atoms with Gasteiger partial charge in [-0.15, -0.1) is 5.10 Å². The van der Waals surface area contributed by atoms with Gasteiger partial charge in [-0.3, -0.25) is 4.79 Å². The molecule has 186 valence electrons. The summed E-state index contributed by atoms with van der Waals surface area (Å²) >= 11 is 1.30. The first kappa shape index (κ1) is 24.1. The van der Waals surface area contributed by atoms with Crippen molar-refractivity contribution in [3.05, 3.63) is 68.5 Å². The Bertz CT molecular complexity index is 1620. The summed E-state index contributed by atoms with van der Waals surface area (Å²) < 4.78 is 19.3. The third kappa shape index (κ3) is 4.73. The summed E-state index contributed by atoms with van der Waals surface area (Å²) in [5.74, 6) is 2.35. The van der Waals surface area contributed by atoms with Gasteiger partial charge < -0.3 is 13.9 Å². The highest BCUT2D eigenvalue weighted by atomic mass is 32.1. The zero-order valence-corrected chi connectivity index (χ0v) is 21.6. The molecule has 3 aromatic heterocycles. The van der Waals surface area contributed by atoms with Crippen LogP contribution in [0.15, 0.2) is 51.7 Å². The van der Waals surface area contributed by atoms with Crippen LogP contribution in [0.5, 0.6) is 11.5 Å². The van der Waals surface area contributed by atoms with Gasteiger partial charge in [-0.25, -0.2) is 0 Å². The molecule has 0 radical (unpaired) electrons. The standard InChI is InChI=1S/C28H29N3O4S/c1-4-5-6-7-10-15-34-22-14-13-19(16-23(22)33-3)17-24-27(32)31-28(36-24)29-26(30-31)25-18(2)20-11-8-9-12-21(20)35-25/h8-9,11-14,16-17H,4-7,10,15H2,1-3H3/b24-17-. The monoisotopic (exact) mass is 503 g/mol. The predicted molar refractivity (Wildman–Crippen MR) is 143 cm³/mol. The molecule has 0 saturated heterocycles. The molecule has 36 heavy (non-hydrogen) atoms. The maximum atomic E-state index is 13.1. The second kappa shape index (κ2) is 10.5. The molecule has 0 atom stereocenters. The zero-order valence-electron chi connectivity index (χ0n) is 20.7. The maximum Gasteiger partial charge on any atom is 0.291 e. The van der Waals surface area contributed by atoms with Crippen LogP contribution >= 0.6 is 11.3 Å².